The average molecular weight is 261 g/mol. The summed E-state index contributed by atoms with van der Waals surface area (Å²) >= 11 is 3.46. The molecule has 0 amide bonds. The van der Waals surface area contributed by atoms with Crippen molar-refractivity contribution in [1.29, 1.82) is 0 Å². The van der Waals surface area contributed by atoms with Crippen molar-refractivity contribution in [3.63, 3.8) is 0 Å². The fourth-order valence-corrected chi connectivity index (χ4v) is 2.30. The fraction of sp³-hybridized carbons (Fsp3) is 0.667. The number of imidazole rings is 1. The van der Waals surface area contributed by atoms with Crippen molar-refractivity contribution in [2.24, 2.45) is 12.8 Å². The first-order valence-corrected chi connectivity index (χ1v) is 5.33. The van der Waals surface area contributed by atoms with Gasteiger partial charge in [0, 0.05) is 13.6 Å². The summed E-state index contributed by atoms with van der Waals surface area (Å²) in [6.45, 7) is 2.57. The van der Waals surface area contributed by atoms with Crippen molar-refractivity contribution in [3.05, 3.63) is 16.1 Å². The molecule has 5 heteroatoms. The van der Waals surface area contributed by atoms with Crippen molar-refractivity contribution in [2.45, 2.75) is 13.0 Å². The van der Waals surface area contributed by atoms with Crippen LogP contribution in [-0.2, 0) is 7.05 Å². The molecule has 2 N–H and O–H groups in total. The lowest BCUT2D eigenvalue weighted by Crippen LogP contribution is -2.29. The molecular weight excluding hydrogens is 244 g/mol. The molecule has 1 aromatic rings. The van der Waals surface area contributed by atoms with Crippen molar-refractivity contribution >= 4 is 15.9 Å². The molecule has 0 spiro atoms. The Bertz CT molecular complexity index is 319. The SMILES string of the molecule is Cc1nc(Br)c(C(CN)N(C)C)n1C. The summed E-state index contributed by atoms with van der Waals surface area (Å²) in [5.74, 6) is 0.993. The topological polar surface area (TPSA) is 47.1 Å². The minimum Gasteiger partial charge on any atom is -0.333 e. The zero-order valence-electron chi connectivity index (χ0n) is 9.08. The zero-order valence-corrected chi connectivity index (χ0v) is 10.7. The third-order valence-corrected chi connectivity index (χ3v) is 3.06. The van der Waals surface area contributed by atoms with Gasteiger partial charge in [-0.1, -0.05) is 0 Å². The Balaban J connectivity index is 3.15. The second-order valence-electron chi connectivity index (χ2n) is 3.61. The first-order valence-electron chi connectivity index (χ1n) is 4.54. The molecule has 0 saturated heterocycles. The lowest BCUT2D eigenvalue weighted by atomic mass is 10.2. The smallest absolute Gasteiger partial charge is 0.129 e. The first-order chi connectivity index (χ1) is 6.49. The minimum absolute atomic E-state index is 0.204. The van der Waals surface area contributed by atoms with E-state index in [-0.39, 0.29) is 6.04 Å². The zero-order chi connectivity index (χ0) is 10.9. The molecule has 0 aliphatic rings. The number of likely N-dealkylation sites (N-methyl/N-ethyl adjacent to an activating group) is 1. The number of hydrogen-bond donors (Lipinski definition) is 1. The van der Waals surface area contributed by atoms with E-state index in [1.54, 1.807) is 0 Å². The quantitative estimate of drug-likeness (QED) is 0.884. The average Bonchev–Trinajstić information content (AvgIpc) is 2.32. The van der Waals surface area contributed by atoms with Crippen LogP contribution in [0.25, 0.3) is 0 Å². The van der Waals surface area contributed by atoms with Crippen molar-refractivity contribution in [3.8, 4) is 0 Å². The molecule has 1 unspecified atom stereocenters. The fourth-order valence-electron chi connectivity index (χ4n) is 1.52. The molecule has 0 fully saturated rings. The third kappa shape index (κ3) is 1.99. The Morgan fingerprint density at radius 1 is 1.57 bits per heavy atom. The van der Waals surface area contributed by atoms with Crippen molar-refractivity contribution in [1.82, 2.24) is 14.5 Å². The molecule has 0 bridgehead atoms. The Morgan fingerprint density at radius 3 is 2.43 bits per heavy atom. The number of halogens is 1. The van der Waals surface area contributed by atoms with Gasteiger partial charge in [0.05, 0.1) is 11.7 Å². The molecule has 1 rings (SSSR count). The van der Waals surface area contributed by atoms with E-state index in [0.29, 0.717) is 6.54 Å². The summed E-state index contributed by atoms with van der Waals surface area (Å²) in [6.07, 6.45) is 0. The number of aromatic nitrogens is 2. The van der Waals surface area contributed by atoms with E-state index in [9.17, 15) is 0 Å². The van der Waals surface area contributed by atoms with E-state index in [2.05, 4.69) is 30.4 Å². The van der Waals surface area contributed by atoms with Crippen LogP contribution in [0.1, 0.15) is 17.6 Å². The van der Waals surface area contributed by atoms with Crippen LogP contribution >= 0.6 is 15.9 Å². The molecule has 14 heavy (non-hydrogen) atoms. The highest BCUT2D eigenvalue weighted by molar-refractivity contribution is 9.10. The molecule has 80 valence electrons. The summed E-state index contributed by atoms with van der Waals surface area (Å²) < 4.78 is 2.96. The van der Waals surface area contributed by atoms with Crippen LogP contribution in [0.2, 0.25) is 0 Å². The van der Waals surface area contributed by atoms with Gasteiger partial charge in [-0.2, -0.15) is 0 Å². The Labute approximate surface area is 93.2 Å². The summed E-state index contributed by atoms with van der Waals surface area (Å²) in [6, 6.07) is 0.204. The summed E-state index contributed by atoms with van der Waals surface area (Å²) in [5, 5.41) is 0. The van der Waals surface area contributed by atoms with Gasteiger partial charge in [0.15, 0.2) is 0 Å². The lowest BCUT2D eigenvalue weighted by molar-refractivity contribution is 0.294. The van der Waals surface area contributed by atoms with Crippen LogP contribution in [0, 0.1) is 6.92 Å². The first kappa shape index (κ1) is 11.7. The van der Waals surface area contributed by atoms with E-state index >= 15 is 0 Å². The summed E-state index contributed by atoms with van der Waals surface area (Å²) in [4.78, 5) is 6.46. The van der Waals surface area contributed by atoms with E-state index in [1.807, 2.05) is 28.1 Å². The maximum atomic E-state index is 5.75. The second kappa shape index (κ2) is 4.42. The van der Waals surface area contributed by atoms with Crippen LogP contribution in [0.5, 0.6) is 0 Å². The maximum Gasteiger partial charge on any atom is 0.129 e. The monoisotopic (exact) mass is 260 g/mol. The van der Waals surface area contributed by atoms with Gasteiger partial charge < -0.3 is 10.3 Å². The molecule has 0 saturated carbocycles. The molecule has 1 atom stereocenters. The summed E-state index contributed by atoms with van der Waals surface area (Å²) in [7, 11) is 6.05. The molecule has 1 heterocycles. The highest BCUT2D eigenvalue weighted by atomic mass is 79.9. The maximum absolute atomic E-state index is 5.75. The largest absolute Gasteiger partial charge is 0.333 e. The molecular formula is C9H17BrN4. The standard InChI is InChI=1S/C9H17BrN4/c1-6-12-9(10)8(14(6)4)7(5-11)13(2)3/h7H,5,11H2,1-4H3. The predicted octanol–water partition coefficient (Wildman–Crippen LogP) is 1.05. The Kier molecular flexibility index (Phi) is 3.69. The van der Waals surface area contributed by atoms with Gasteiger partial charge in [-0.15, -0.1) is 0 Å². The molecule has 0 radical (unpaired) electrons. The highest BCUT2D eigenvalue weighted by Crippen LogP contribution is 2.25. The third-order valence-electron chi connectivity index (χ3n) is 2.48. The number of hydrogen-bond acceptors (Lipinski definition) is 3. The van der Waals surface area contributed by atoms with Crippen LogP contribution in [0.4, 0.5) is 0 Å². The lowest BCUT2D eigenvalue weighted by Gasteiger charge is -2.23. The highest BCUT2D eigenvalue weighted by Gasteiger charge is 2.20. The minimum atomic E-state index is 0.204. The van der Waals surface area contributed by atoms with Crippen molar-refractivity contribution < 1.29 is 0 Å². The van der Waals surface area contributed by atoms with E-state index < -0.39 is 0 Å². The number of nitrogens with zero attached hydrogens (tertiary/aromatic N) is 3. The van der Waals surface area contributed by atoms with Gasteiger partial charge in [-0.05, 0) is 36.9 Å². The van der Waals surface area contributed by atoms with Crippen molar-refractivity contribution in [2.75, 3.05) is 20.6 Å². The second-order valence-corrected chi connectivity index (χ2v) is 4.36. The number of rotatable bonds is 3. The van der Waals surface area contributed by atoms with Gasteiger partial charge in [-0.25, -0.2) is 4.98 Å². The number of nitrogens with two attached hydrogens (primary N) is 1. The predicted molar refractivity (Wildman–Crippen MR) is 61.1 cm³/mol. The Hall–Kier alpha value is -0.390. The molecule has 1 aromatic heterocycles. The van der Waals surface area contributed by atoms with E-state index in [1.165, 1.54) is 0 Å². The molecule has 0 aliphatic heterocycles. The Morgan fingerprint density at radius 2 is 2.14 bits per heavy atom. The molecule has 0 aliphatic carbocycles. The molecule has 4 nitrogen and oxygen atoms in total. The normalized spacial score (nSPS) is 13.6. The van der Waals surface area contributed by atoms with Crippen LogP contribution in [0.15, 0.2) is 4.60 Å². The van der Waals surface area contributed by atoms with Crippen LogP contribution < -0.4 is 5.73 Å². The van der Waals surface area contributed by atoms with Gasteiger partial charge in [0.25, 0.3) is 0 Å². The van der Waals surface area contributed by atoms with E-state index in [4.69, 9.17) is 5.73 Å². The van der Waals surface area contributed by atoms with Crippen LogP contribution in [0.3, 0.4) is 0 Å². The van der Waals surface area contributed by atoms with Gasteiger partial charge >= 0.3 is 0 Å². The summed E-state index contributed by atoms with van der Waals surface area (Å²) in [5.41, 5.74) is 6.88. The van der Waals surface area contributed by atoms with Gasteiger partial charge in [0.2, 0.25) is 0 Å². The van der Waals surface area contributed by atoms with Gasteiger partial charge in [0.1, 0.15) is 10.4 Å². The number of aryl methyl sites for hydroxylation is 1. The van der Waals surface area contributed by atoms with Crippen LogP contribution in [-0.4, -0.2) is 35.1 Å². The van der Waals surface area contributed by atoms with Gasteiger partial charge in [-0.3, -0.25) is 4.90 Å². The molecule has 0 aromatic carbocycles. The van der Waals surface area contributed by atoms with E-state index in [0.717, 1.165) is 16.1 Å².